The van der Waals surface area contributed by atoms with Gasteiger partial charge in [-0.15, -0.1) is 5.10 Å². The van der Waals surface area contributed by atoms with E-state index in [9.17, 15) is 0 Å². The molecule has 0 aliphatic carbocycles. The maximum Gasteiger partial charge on any atom is 0.170 e. The number of pyridine rings is 1. The van der Waals surface area contributed by atoms with Crippen LogP contribution in [-0.4, -0.2) is 14.6 Å². The monoisotopic (exact) mass is 190 g/mol. The molecule has 4 nitrogen and oxygen atoms in total. The summed E-state index contributed by atoms with van der Waals surface area (Å²) in [5.74, 6) is 0.670. The quantitative estimate of drug-likeness (QED) is 0.735. The lowest BCUT2D eigenvalue weighted by atomic mass is 10.1. The van der Waals surface area contributed by atoms with E-state index in [-0.39, 0.29) is 0 Å². The molecule has 0 fully saturated rings. The van der Waals surface area contributed by atoms with Crippen LogP contribution in [0.1, 0.15) is 25.2 Å². The first-order chi connectivity index (χ1) is 6.47. The van der Waals surface area contributed by atoms with Gasteiger partial charge >= 0.3 is 0 Å². The van der Waals surface area contributed by atoms with Crippen molar-refractivity contribution in [3.63, 3.8) is 0 Å². The van der Waals surface area contributed by atoms with Crippen molar-refractivity contribution < 1.29 is 0 Å². The molecule has 2 N–H and O–H groups in total. The summed E-state index contributed by atoms with van der Waals surface area (Å²) >= 11 is 0. The molecule has 0 saturated heterocycles. The van der Waals surface area contributed by atoms with Crippen molar-refractivity contribution >= 4 is 5.65 Å². The molecule has 2 heterocycles. The first kappa shape index (κ1) is 9.15. The number of aryl methyl sites for hydroxylation is 1. The van der Waals surface area contributed by atoms with Crippen LogP contribution >= 0.6 is 0 Å². The predicted octanol–water partition coefficient (Wildman–Crippen LogP) is 1.23. The molecule has 0 aliphatic heterocycles. The molecule has 0 aliphatic rings. The van der Waals surface area contributed by atoms with E-state index in [1.807, 2.05) is 39.1 Å². The number of hydrogen-bond donors (Lipinski definition) is 1. The zero-order valence-electron chi connectivity index (χ0n) is 8.65. The molecular weight excluding hydrogens is 176 g/mol. The Hall–Kier alpha value is -1.42. The molecule has 0 radical (unpaired) electrons. The molecule has 0 atom stereocenters. The first-order valence-corrected chi connectivity index (χ1v) is 4.59. The molecule has 2 rings (SSSR count). The molecule has 0 bridgehead atoms. The van der Waals surface area contributed by atoms with Gasteiger partial charge in [-0.3, -0.25) is 0 Å². The summed E-state index contributed by atoms with van der Waals surface area (Å²) in [6.07, 6.45) is 1.90. The largest absolute Gasteiger partial charge is 0.319 e. The minimum Gasteiger partial charge on any atom is -0.319 e. The van der Waals surface area contributed by atoms with E-state index in [1.165, 1.54) is 5.56 Å². The van der Waals surface area contributed by atoms with Gasteiger partial charge in [0.1, 0.15) is 0 Å². The van der Waals surface area contributed by atoms with Gasteiger partial charge in [0.25, 0.3) is 0 Å². The van der Waals surface area contributed by atoms with Crippen LogP contribution in [0.25, 0.3) is 5.65 Å². The highest BCUT2D eigenvalue weighted by Crippen LogP contribution is 2.13. The van der Waals surface area contributed by atoms with E-state index < -0.39 is 5.54 Å². The van der Waals surface area contributed by atoms with Crippen molar-refractivity contribution in [3.8, 4) is 0 Å². The number of fused-ring (bicyclic) bond motifs is 1. The summed E-state index contributed by atoms with van der Waals surface area (Å²) in [6.45, 7) is 5.82. The molecular formula is C10H14N4. The Morgan fingerprint density at radius 3 is 2.79 bits per heavy atom. The molecule has 74 valence electrons. The second-order valence-corrected chi connectivity index (χ2v) is 4.16. The molecule has 0 amide bonds. The third-order valence-corrected chi connectivity index (χ3v) is 2.07. The maximum atomic E-state index is 5.92. The van der Waals surface area contributed by atoms with Gasteiger partial charge < -0.3 is 5.73 Å². The van der Waals surface area contributed by atoms with E-state index in [1.54, 1.807) is 4.52 Å². The van der Waals surface area contributed by atoms with E-state index >= 15 is 0 Å². The summed E-state index contributed by atoms with van der Waals surface area (Å²) in [5.41, 5.74) is 7.45. The van der Waals surface area contributed by atoms with Gasteiger partial charge in [-0.1, -0.05) is 0 Å². The van der Waals surface area contributed by atoms with E-state index in [0.717, 1.165) is 5.65 Å². The third kappa shape index (κ3) is 1.48. The van der Waals surface area contributed by atoms with E-state index in [0.29, 0.717) is 5.82 Å². The average molecular weight is 190 g/mol. The van der Waals surface area contributed by atoms with Crippen molar-refractivity contribution in [1.82, 2.24) is 14.6 Å². The number of nitrogens with two attached hydrogens (primary N) is 1. The van der Waals surface area contributed by atoms with Crippen molar-refractivity contribution in [1.29, 1.82) is 0 Å². The summed E-state index contributed by atoms with van der Waals surface area (Å²) in [5, 5.41) is 4.31. The fourth-order valence-electron chi connectivity index (χ4n) is 1.26. The zero-order valence-corrected chi connectivity index (χ0v) is 8.65. The molecule has 14 heavy (non-hydrogen) atoms. The number of rotatable bonds is 1. The molecule has 0 aromatic carbocycles. The predicted molar refractivity (Wildman–Crippen MR) is 54.9 cm³/mol. The molecule has 4 heteroatoms. The minimum atomic E-state index is -0.486. The molecule has 0 saturated carbocycles. The highest BCUT2D eigenvalue weighted by Gasteiger charge is 2.19. The number of aromatic nitrogens is 3. The van der Waals surface area contributed by atoms with Gasteiger partial charge in [-0.2, -0.15) is 0 Å². The third-order valence-electron chi connectivity index (χ3n) is 2.07. The SMILES string of the molecule is Cc1ccn2nc(C(C)(C)N)nc2c1. The smallest absolute Gasteiger partial charge is 0.170 e. The Balaban J connectivity index is 2.63. The lowest BCUT2D eigenvalue weighted by molar-refractivity contribution is 0.514. The topological polar surface area (TPSA) is 56.2 Å². The second kappa shape index (κ2) is 2.78. The Labute approximate surface area is 82.8 Å². The van der Waals surface area contributed by atoms with Gasteiger partial charge in [0, 0.05) is 6.20 Å². The van der Waals surface area contributed by atoms with E-state index in [2.05, 4.69) is 10.1 Å². The Morgan fingerprint density at radius 2 is 2.14 bits per heavy atom. The Bertz CT molecular complexity index is 464. The Kier molecular flexibility index (Phi) is 1.82. The highest BCUT2D eigenvalue weighted by molar-refractivity contribution is 5.40. The average Bonchev–Trinajstić information content (AvgIpc) is 2.45. The Morgan fingerprint density at radius 1 is 1.43 bits per heavy atom. The van der Waals surface area contributed by atoms with Gasteiger partial charge in [-0.25, -0.2) is 9.50 Å². The second-order valence-electron chi connectivity index (χ2n) is 4.16. The van der Waals surface area contributed by atoms with Gasteiger partial charge in [0.15, 0.2) is 11.5 Å². The standard InChI is InChI=1S/C10H14N4/c1-7-4-5-14-8(6-7)12-9(13-14)10(2,3)11/h4-6H,11H2,1-3H3. The lowest BCUT2D eigenvalue weighted by Gasteiger charge is -2.12. The van der Waals surface area contributed by atoms with Crippen LogP contribution < -0.4 is 5.73 Å². The van der Waals surface area contributed by atoms with Crippen molar-refractivity contribution in [2.24, 2.45) is 5.73 Å². The number of hydrogen-bond acceptors (Lipinski definition) is 3. The van der Waals surface area contributed by atoms with Gasteiger partial charge in [-0.05, 0) is 38.5 Å². The van der Waals surface area contributed by atoms with Crippen molar-refractivity contribution in [2.75, 3.05) is 0 Å². The van der Waals surface area contributed by atoms with Crippen molar-refractivity contribution in [2.45, 2.75) is 26.3 Å². The van der Waals surface area contributed by atoms with Crippen LogP contribution in [0.3, 0.4) is 0 Å². The van der Waals surface area contributed by atoms with Crippen LogP contribution in [0.15, 0.2) is 18.3 Å². The summed E-state index contributed by atoms with van der Waals surface area (Å²) in [6, 6.07) is 3.98. The van der Waals surface area contributed by atoms with Crippen LogP contribution in [0.2, 0.25) is 0 Å². The molecule has 0 spiro atoms. The molecule has 2 aromatic heterocycles. The lowest BCUT2D eigenvalue weighted by Crippen LogP contribution is -2.30. The van der Waals surface area contributed by atoms with Crippen LogP contribution in [-0.2, 0) is 5.54 Å². The molecule has 2 aromatic rings. The summed E-state index contributed by atoms with van der Waals surface area (Å²) in [7, 11) is 0. The summed E-state index contributed by atoms with van der Waals surface area (Å²) < 4.78 is 1.75. The number of nitrogens with zero attached hydrogens (tertiary/aromatic N) is 3. The normalized spacial score (nSPS) is 12.3. The van der Waals surface area contributed by atoms with E-state index in [4.69, 9.17) is 5.73 Å². The fourth-order valence-corrected chi connectivity index (χ4v) is 1.26. The zero-order chi connectivity index (χ0) is 10.3. The highest BCUT2D eigenvalue weighted by atomic mass is 15.3. The van der Waals surface area contributed by atoms with Crippen LogP contribution in [0.5, 0.6) is 0 Å². The van der Waals surface area contributed by atoms with Crippen LogP contribution in [0, 0.1) is 6.92 Å². The van der Waals surface area contributed by atoms with Crippen molar-refractivity contribution in [3.05, 3.63) is 29.7 Å². The molecule has 0 unspecified atom stereocenters. The summed E-state index contributed by atoms with van der Waals surface area (Å²) in [4.78, 5) is 4.37. The van der Waals surface area contributed by atoms with Gasteiger partial charge in [0.2, 0.25) is 0 Å². The van der Waals surface area contributed by atoms with Gasteiger partial charge in [0.05, 0.1) is 5.54 Å². The fraction of sp³-hybridized carbons (Fsp3) is 0.400. The van der Waals surface area contributed by atoms with Crippen LogP contribution in [0.4, 0.5) is 0 Å². The first-order valence-electron chi connectivity index (χ1n) is 4.59. The maximum absolute atomic E-state index is 5.92. The minimum absolute atomic E-state index is 0.486.